The SMILES string of the molecule is O=C(c1cc(CCO)cc(-c2ccc(Oc3ccc(F)cc3)cc2)n1)N1CCNCC1. The molecule has 3 aromatic rings. The van der Waals surface area contributed by atoms with Gasteiger partial charge in [0.1, 0.15) is 23.0 Å². The lowest BCUT2D eigenvalue weighted by Crippen LogP contribution is -2.46. The molecule has 0 spiro atoms. The number of amides is 1. The molecule has 4 rings (SSSR count). The van der Waals surface area contributed by atoms with E-state index < -0.39 is 0 Å². The van der Waals surface area contributed by atoms with Crippen LogP contribution in [0.15, 0.2) is 60.7 Å². The molecule has 1 saturated heterocycles. The monoisotopic (exact) mass is 421 g/mol. The molecule has 0 aliphatic carbocycles. The summed E-state index contributed by atoms with van der Waals surface area (Å²) < 4.78 is 18.8. The maximum atomic E-state index is 13.1. The number of piperazine rings is 1. The highest BCUT2D eigenvalue weighted by atomic mass is 19.1. The minimum atomic E-state index is -0.317. The predicted octanol–water partition coefficient (Wildman–Crippen LogP) is 3.26. The first-order valence-electron chi connectivity index (χ1n) is 10.3. The lowest BCUT2D eigenvalue weighted by molar-refractivity contribution is 0.0730. The van der Waals surface area contributed by atoms with Crippen LogP contribution in [0.4, 0.5) is 4.39 Å². The molecule has 1 aliphatic heterocycles. The van der Waals surface area contributed by atoms with Gasteiger partial charge in [0.2, 0.25) is 0 Å². The molecule has 2 N–H and O–H groups in total. The van der Waals surface area contributed by atoms with Crippen LogP contribution < -0.4 is 10.1 Å². The predicted molar refractivity (Wildman–Crippen MR) is 116 cm³/mol. The molecule has 31 heavy (non-hydrogen) atoms. The van der Waals surface area contributed by atoms with Gasteiger partial charge < -0.3 is 20.1 Å². The van der Waals surface area contributed by atoms with E-state index in [1.807, 2.05) is 18.2 Å². The Morgan fingerprint density at radius 3 is 2.32 bits per heavy atom. The number of nitrogens with one attached hydrogen (secondary N) is 1. The lowest BCUT2D eigenvalue weighted by Gasteiger charge is -2.27. The van der Waals surface area contributed by atoms with Gasteiger partial charge in [0.05, 0.1) is 5.69 Å². The van der Waals surface area contributed by atoms with Crippen molar-refractivity contribution >= 4 is 5.91 Å². The zero-order chi connectivity index (χ0) is 21.6. The van der Waals surface area contributed by atoms with E-state index in [0.717, 1.165) is 24.2 Å². The van der Waals surface area contributed by atoms with Crippen molar-refractivity contribution in [2.45, 2.75) is 6.42 Å². The molecule has 7 heteroatoms. The average molecular weight is 421 g/mol. The van der Waals surface area contributed by atoms with Crippen molar-refractivity contribution in [3.63, 3.8) is 0 Å². The maximum Gasteiger partial charge on any atom is 0.272 e. The Morgan fingerprint density at radius 2 is 1.68 bits per heavy atom. The first kappa shape index (κ1) is 21.0. The Kier molecular flexibility index (Phi) is 6.54. The van der Waals surface area contributed by atoms with Crippen LogP contribution in [-0.2, 0) is 6.42 Å². The number of halogens is 1. The number of pyridine rings is 1. The third-order valence-corrected chi connectivity index (χ3v) is 5.11. The zero-order valence-electron chi connectivity index (χ0n) is 17.1. The van der Waals surface area contributed by atoms with Gasteiger partial charge in [0.25, 0.3) is 5.91 Å². The second-order valence-electron chi connectivity index (χ2n) is 7.34. The van der Waals surface area contributed by atoms with Gasteiger partial charge in [-0.2, -0.15) is 0 Å². The highest BCUT2D eigenvalue weighted by Crippen LogP contribution is 2.26. The van der Waals surface area contributed by atoms with Gasteiger partial charge in [-0.25, -0.2) is 9.37 Å². The van der Waals surface area contributed by atoms with E-state index >= 15 is 0 Å². The van der Waals surface area contributed by atoms with E-state index in [-0.39, 0.29) is 18.3 Å². The van der Waals surface area contributed by atoms with Crippen molar-refractivity contribution in [3.8, 4) is 22.8 Å². The number of carbonyl (C=O) groups excluding carboxylic acids is 1. The summed E-state index contributed by atoms with van der Waals surface area (Å²) in [6, 6.07) is 16.8. The number of aliphatic hydroxyl groups excluding tert-OH is 1. The molecular formula is C24H24FN3O3. The summed E-state index contributed by atoms with van der Waals surface area (Å²) >= 11 is 0. The first-order valence-corrected chi connectivity index (χ1v) is 10.3. The van der Waals surface area contributed by atoms with Gasteiger partial charge in [0, 0.05) is 38.3 Å². The Bertz CT molecular complexity index is 1030. The number of carbonyl (C=O) groups is 1. The Labute approximate surface area is 180 Å². The molecule has 1 amide bonds. The van der Waals surface area contributed by atoms with Crippen molar-refractivity contribution in [1.29, 1.82) is 0 Å². The number of hydrogen-bond acceptors (Lipinski definition) is 5. The van der Waals surface area contributed by atoms with Crippen LogP contribution in [0.5, 0.6) is 11.5 Å². The Hall–Kier alpha value is -3.29. The van der Waals surface area contributed by atoms with Gasteiger partial charge in [0.15, 0.2) is 0 Å². The second kappa shape index (κ2) is 9.68. The van der Waals surface area contributed by atoms with Crippen LogP contribution in [0.2, 0.25) is 0 Å². The van der Waals surface area contributed by atoms with E-state index in [4.69, 9.17) is 4.74 Å². The molecule has 1 aliphatic rings. The zero-order valence-corrected chi connectivity index (χ0v) is 17.1. The highest BCUT2D eigenvalue weighted by molar-refractivity contribution is 5.93. The highest BCUT2D eigenvalue weighted by Gasteiger charge is 2.20. The summed E-state index contributed by atoms with van der Waals surface area (Å²) in [5, 5.41) is 12.6. The smallest absolute Gasteiger partial charge is 0.272 e. The summed E-state index contributed by atoms with van der Waals surface area (Å²) in [5.41, 5.74) is 2.74. The number of rotatable bonds is 6. The topological polar surface area (TPSA) is 74.7 Å². The average Bonchev–Trinajstić information content (AvgIpc) is 2.81. The molecule has 0 bridgehead atoms. The fraction of sp³-hybridized carbons (Fsp3) is 0.250. The summed E-state index contributed by atoms with van der Waals surface area (Å²) in [7, 11) is 0. The normalized spacial score (nSPS) is 13.8. The van der Waals surface area contributed by atoms with Crippen LogP contribution >= 0.6 is 0 Å². The van der Waals surface area contributed by atoms with Gasteiger partial charge >= 0.3 is 0 Å². The molecule has 6 nitrogen and oxygen atoms in total. The number of nitrogens with zero attached hydrogens (tertiary/aromatic N) is 2. The molecule has 0 radical (unpaired) electrons. The summed E-state index contributed by atoms with van der Waals surface area (Å²) in [6.07, 6.45) is 0.448. The first-order chi connectivity index (χ1) is 15.1. The van der Waals surface area contributed by atoms with Gasteiger partial charge in [-0.3, -0.25) is 4.79 Å². The maximum absolute atomic E-state index is 13.1. The molecule has 0 unspecified atom stereocenters. The molecule has 160 valence electrons. The third kappa shape index (κ3) is 5.25. The lowest BCUT2D eigenvalue weighted by atomic mass is 10.1. The van der Waals surface area contributed by atoms with Crippen LogP contribution in [0.3, 0.4) is 0 Å². The standard InChI is InChI=1S/C24H24FN3O3/c25-19-3-7-21(8-4-19)31-20-5-1-18(2-6-20)22-15-17(9-14-29)16-23(27-22)24(30)28-12-10-26-11-13-28/h1-8,15-16,26,29H,9-14H2. The van der Waals surface area contributed by atoms with E-state index in [1.54, 1.807) is 35.2 Å². The molecule has 0 saturated carbocycles. The largest absolute Gasteiger partial charge is 0.457 e. The Morgan fingerprint density at radius 1 is 1.03 bits per heavy atom. The molecule has 0 atom stereocenters. The van der Waals surface area contributed by atoms with Crippen molar-refractivity contribution in [2.24, 2.45) is 0 Å². The quantitative estimate of drug-likeness (QED) is 0.639. The number of benzene rings is 2. The summed E-state index contributed by atoms with van der Waals surface area (Å²) in [6.45, 7) is 2.83. The molecule has 1 aromatic heterocycles. The van der Waals surface area contributed by atoms with E-state index in [2.05, 4.69) is 10.3 Å². The molecular weight excluding hydrogens is 397 g/mol. The Balaban J connectivity index is 1.57. The van der Waals surface area contributed by atoms with E-state index in [9.17, 15) is 14.3 Å². The van der Waals surface area contributed by atoms with Crippen molar-refractivity contribution < 1.29 is 19.0 Å². The number of ether oxygens (including phenoxy) is 1. The van der Waals surface area contributed by atoms with Gasteiger partial charge in [-0.1, -0.05) is 0 Å². The van der Waals surface area contributed by atoms with Crippen LogP contribution in [0.1, 0.15) is 16.1 Å². The summed E-state index contributed by atoms with van der Waals surface area (Å²) in [4.78, 5) is 19.4. The fourth-order valence-electron chi connectivity index (χ4n) is 3.48. The van der Waals surface area contributed by atoms with E-state index in [1.165, 1.54) is 12.1 Å². The number of hydrogen-bond donors (Lipinski definition) is 2. The van der Waals surface area contributed by atoms with Crippen LogP contribution in [-0.4, -0.2) is 53.7 Å². The minimum absolute atomic E-state index is 0.00480. The molecule has 2 aromatic carbocycles. The van der Waals surface area contributed by atoms with Crippen LogP contribution in [0.25, 0.3) is 11.3 Å². The van der Waals surface area contributed by atoms with Crippen molar-refractivity contribution in [2.75, 3.05) is 32.8 Å². The minimum Gasteiger partial charge on any atom is -0.457 e. The van der Waals surface area contributed by atoms with Crippen LogP contribution in [0, 0.1) is 5.82 Å². The third-order valence-electron chi connectivity index (χ3n) is 5.11. The van der Waals surface area contributed by atoms with Gasteiger partial charge in [-0.05, 0) is 72.6 Å². The van der Waals surface area contributed by atoms with E-state index in [0.29, 0.717) is 42.4 Å². The fourth-order valence-corrected chi connectivity index (χ4v) is 3.48. The second-order valence-corrected chi connectivity index (χ2v) is 7.34. The van der Waals surface area contributed by atoms with Gasteiger partial charge in [-0.15, -0.1) is 0 Å². The molecule has 1 fully saturated rings. The summed E-state index contributed by atoms with van der Waals surface area (Å²) in [5.74, 6) is 0.738. The van der Waals surface area contributed by atoms with Crippen molar-refractivity contribution in [1.82, 2.24) is 15.2 Å². The van der Waals surface area contributed by atoms with Crippen molar-refractivity contribution in [3.05, 3.63) is 77.7 Å². The molecule has 2 heterocycles. The number of aliphatic hydroxyl groups is 1. The number of aromatic nitrogens is 1.